The Hall–Kier alpha value is 0.699. The van der Waals surface area contributed by atoms with Crippen molar-refractivity contribution in [1.82, 2.24) is 0 Å². The normalized spacial score (nSPS) is 7.57. The first-order chi connectivity index (χ1) is 6.81. The summed E-state index contributed by atoms with van der Waals surface area (Å²) in [5, 5.41) is 17.6. The Morgan fingerprint density at radius 3 is 2.00 bits per heavy atom. The Morgan fingerprint density at radius 2 is 1.43 bits per heavy atom. The molecule has 0 aliphatic heterocycles. The van der Waals surface area contributed by atoms with Crippen molar-refractivity contribution in [1.29, 1.82) is 0 Å². The summed E-state index contributed by atoms with van der Waals surface area (Å²) in [7, 11) is 20.4. The Bertz CT molecular complexity index is 104. The highest BCUT2D eigenvalue weighted by Crippen LogP contribution is 1.68. The Morgan fingerprint density at radius 1 is 0.857 bits per heavy atom. The van der Waals surface area contributed by atoms with Crippen molar-refractivity contribution in [3.8, 4) is 0 Å². The average Bonchev–Trinajstić information content (AvgIpc) is 2.18. The molecule has 0 unspecified atom stereocenters. The zero-order valence-electron chi connectivity index (χ0n) is 7.82. The second kappa shape index (κ2) is 11.8. The predicted octanol–water partition coefficient (Wildman–Crippen LogP) is -5.68. The molecule has 2 nitrogen and oxygen atoms in total. The lowest BCUT2D eigenvalue weighted by atomic mass is 8.85. The second-order valence-electron chi connectivity index (χ2n) is 2.37. The van der Waals surface area contributed by atoms with Crippen molar-refractivity contribution in [2.75, 3.05) is 0 Å². The van der Waals surface area contributed by atoms with Crippen LogP contribution >= 0.6 is 0 Å². The van der Waals surface area contributed by atoms with Gasteiger partial charge in [-0.1, -0.05) is 0 Å². The molecular weight excluding hydrogens is 162 g/mol. The zero-order chi connectivity index (χ0) is 10.6. The lowest BCUT2D eigenvalue weighted by Crippen LogP contribution is -2.42. The molecule has 2 N–H and O–H groups in total. The minimum Gasteiger partial charge on any atom is -0.470 e. The fraction of sp³-hybridized carbons (Fsp3) is 0. The molecule has 0 rings (SSSR count). The standard InChI is InChI=1S/B12H2O2/c1-2-3-6-9-12(14)10-7-4-5-8-11-13/h13-14H. The minimum absolute atomic E-state index is 0.631. The summed E-state index contributed by atoms with van der Waals surface area (Å²) in [4.78, 5) is 0. The molecule has 0 aromatic carbocycles. The maximum atomic E-state index is 9.28. The number of hydrogen-bond acceptors (Lipinski definition) is 2. The van der Waals surface area contributed by atoms with E-state index in [0.717, 1.165) is 7.37 Å². The van der Waals surface area contributed by atoms with Gasteiger partial charge in [-0.25, -0.2) is 0 Å². The van der Waals surface area contributed by atoms with Crippen molar-refractivity contribution in [3.05, 3.63) is 0 Å². The van der Waals surface area contributed by atoms with E-state index < -0.39 is 6.70 Å². The molecule has 14 heavy (non-hydrogen) atoms. The van der Waals surface area contributed by atoms with Gasteiger partial charge in [0.05, 0.1) is 7.06 Å². The van der Waals surface area contributed by atoms with Gasteiger partial charge in [-0.15, -0.1) is 0 Å². The SMILES string of the molecule is [B][B][B][B][B]B(O)[B][B][B][B][B][B]O. The molecule has 0 saturated carbocycles. The smallest absolute Gasteiger partial charge is 0.225 e. The van der Waals surface area contributed by atoms with E-state index in [2.05, 4.69) is 0 Å². The Labute approximate surface area is 95.7 Å². The molecule has 0 heterocycles. The van der Waals surface area contributed by atoms with Crippen LogP contribution in [0.4, 0.5) is 0 Å². The molecule has 0 amide bonds. The Balaban J connectivity index is 3.06. The Kier molecular flexibility index (Phi) is 12.4. The predicted molar refractivity (Wildman–Crippen MR) is 73.5 cm³/mol. The molecule has 0 atom stereocenters. The first kappa shape index (κ1) is 14.7. The second-order valence-corrected chi connectivity index (χ2v) is 2.37. The van der Waals surface area contributed by atoms with Gasteiger partial charge >= 0.3 is 0 Å². The van der Waals surface area contributed by atoms with Crippen LogP contribution in [0.15, 0.2) is 0 Å². The molecule has 50 valence electrons. The fourth-order valence-corrected chi connectivity index (χ4v) is 0.662. The summed E-state index contributed by atoms with van der Waals surface area (Å²) in [5.41, 5.74) is 0. The molecule has 0 saturated heterocycles. The molecule has 0 aliphatic rings. The quantitative estimate of drug-likeness (QED) is 0.249. The van der Waals surface area contributed by atoms with Gasteiger partial charge in [0.15, 0.2) is 6.70 Å². The molecule has 0 bridgehead atoms. The van der Waals surface area contributed by atoms with Gasteiger partial charge in [0, 0.05) is 64.2 Å². The van der Waals surface area contributed by atoms with Crippen LogP contribution in [0.1, 0.15) is 0 Å². The van der Waals surface area contributed by atoms with Gasteiger partial charge in [-0.2, -0.15) is 0 Å². The molecule has 0 aromatic rings. The number of rotatable bonds is 10. The third-order valence-electron chi connectivity index (χ3n) is 1.26. The highest BCUT2D eigenvalue weighted by molar-refractivity contribution is 7.73. The number of hydrogen-bond donors (Lipinski definition) is 2. The van der Waals surface area contributed by atoms with Crippen LogP contribution in [0.3, 0.4) is 0 Å². The summed E-state index contributed by atoms with van der Waals surface area (Å²) in [6, 6.07) is 0. The van der Waals surface area contributed by atoms with Gasteiger partial charge in [0.2, 0.25) is 7.37 Å². The molecule has 14 heteroatoms. The van der Waals surface area contributed by atoms with Gasteiger partial charge < -0.3 is 10.0 Å². The average molecular weight is 164 g/mol. The van der Waals surface area contributed by atoms with E-state index in [1.165, 1.54) is 14.1 Å². The van der Waals surface area contributed by atoms with Crippen LogP contribution in [0, 0.1) is 0 Å². The lowest BCUT2D eigenvalue weighted by molar-refractivity contribution is 0.613. The van der Waals surface area contributed by atoms with E-state index in [1.54, 1.807) is 49.4 Å². The summed E-state index contributed by atoms with van der Waals surface area (Å²) < 4.78 is 0. The van der Waals surface area contributed by atoms with E-state index >= 15 is 0 Å². The summed E-state index contributed by atoms with van der Waals surface area (Å²) >= 11 is 0. The van der Waals surface area contributed by atoms with E-state index in [9.17, 15) is 5.02 Å². The third kappa shape index (κ3) is 10.8. The van der Waals surface area contributed by atoms with E-state index in [-0.39, 0.29) is 0 Å². The van der Waals surface area contributed by atoms with E-state index in [4.69, 9.17) is 12.8 Å². The van der Waals surface area contributed by atoms with Crippen molar-refractivity contribution in [2.45, 2.75) is 0 Å². The maximum absolute atomic E-state index is 9.28. The van der Waals surface area contributed by atoms with E-state index in [0.29, 0.717) is 0 Å². The van der Waals surface area contributed by atoms with Gasteiger partial charge in [-0.3, -0.25) is 0 Å². The topological polar surface area (TPSA) is 40.5 Å². The lowest BCUT2D eigenvalue weighted by Gasteiger charge is -2.02. The summed E-state index contributed by atoms with van der Waals surface area (Å²) in [5.74, 6) is 0. The zero-order valence-corrected chi connectivity index (χ0v) is 7.82. The van der Waals surface area contributed by atoms with Crippen molar-refractivity contribution >= 4 is 85.4 Å². The molecular formula is H2B12O2. The highest BCUT2D eigenvalue weighted by Gasteiger charge is 2.10. The first-order valence-electron chi connectivity index (χ1n) is 4.18. The summed E-state index contributed by atoms with van der Waals surface area (Å²) in [6.07, 6.45) is 0. The third-order valence-corrected chi connectivity index (χ3v) is 1.26. The monoisotopic (exact) mass is 166 g/mol. The maximum Gasteiger partial charge on any atom is 0.225 e. The molecule has 0 aromatic heterocycles. The van der Waals surface area contributed by atoms with Crippen LogP contribution in [0.25, 0.3) is 0 Å². The van der Waals surface area contributed by atoms with Crippen LogP contribution in [0.5, 0.6) is 0 Å². The van der Waals surface area contributed by atoms with Crippen molar-refractivity contribution in [2.24, 2.45) is 0 Å². The van der Waals surface area contributed by atoms with Gasteiger partial charge in [-0.05, 0) is 0 Å². The highest BCUT2D eigenvalue weighted by atomic mass is 16.2. The summed E-state index contributed by atoms with van der Waals surface area (Å²) in [6.45, 7) is -0.631. The van der Waals surface area contributed by atoms with Crippen LogP contribution in [0.2, 0.25) is 0 Å². The minimum atomic E-state index is -0.631. The molecule has 12 radical (unpaired) electrons. The molecule has 0 fully saturated rings. The van der Waals surface area contributed by atoms with E-state index in [1.807, 2.05) is 0 Å². The van der Waals surface area contributed by atoms with Gasteiger partial charge in [0.25, 0.3) is 0 Å². The molecule has 0 aliphatic carbocycles. The molecule has 0 spiro atoms. The van der Waals surface area contributed by atoms with Crippen LogP contribution < -0.4 is 0 Å². The van der Waals surface area contributed by atoms with Crippen LogP contribution in [-0.4, -0.2) is 95.4 Å². The van der Waals surface area contributed by atoms with Crippen molar-refractivity contribution in [3.63, 3.8) is 0 Å². The van der Waals surface area contributed by atoms with Gasteiger partial charge in [0.1, 0.15) is 0 Å². The van der Waals surface area contributed by atoms with Crippen LogP contribution in [-0.2, 0) is 0 Å². The van der Waals surface area contributed by atoms with Crippen molar-refractivity contribution < 1.29 is 10.0 Å². The largest absolute Gasteiger partial charge is 0.470 e. The fourth-order valence-electron chi connectivity index (χ4n) is 0.662. The first-order valence-corrected chi connectivity index (χ1v) is 4.18.